The van der Waals surface area contributed by atoms with Crippen molar-refractivity contribution in [3.05, 3.63) is 0 Å². The lowest BCUT2D eigenvalue weighted by Crippen LogP contribution is -2.24. The van der Waals surface area contributed by atoms with Crippen LogP contribution in [0.4, 0.5) is 0 Å². The summed E-state index contributed by atoms with van der Waals surface area (Å²) in [6.45, 7) is 6.65. The van der Waals surface area contributed by atoms with Crippen LogP contribution in [0.5, 0.6) is 0 Å². The lowest BCUT2D eigenvalue weighted by atomic mass is 10.3. The molecular weight excluding hydrogens is 198 g/mol. The first-order valence-corrected chi connectivity index (χ1v) is 6.88. The van der Waals surface area contributed by atoms with E-state index < -0.39 is 16.2 Å². The van der Waals surface area contributed by atoms with Gasteiger partial charge in [-0.2, -0.15) is 0 Å². The lowest BCUT2D eigenvalue weighted by molar-refractivity contribution is -0.243. The van der Waals surface area contributed by atoms with Crippen LogP contribution in [-0.2, 0) is 13.9 Å². The monoisotopic (exact) mass is 221 g/mol. The molecule has 1 atom stereocenters. The molecule has 0 fully saturated rings. The van der Waals surface area contributed by atoms with E-state index in [9.17, 15) is 0 Å². The van der Waals surface area contributed by atoms with Gasteiger partial charge in [0.15, 0.2) is 9.76 Å². The zero-order valence-corrected chi connectivity index (χ0v) is 10.9. The lowest BCUT2D eigenvalue weighted by Gasteiger charge is -2.17. The van der Waals surface area contributed by atoms with E-state index in [1.807, 2.05) is 20.8 Å². The van der Waals surface area contributed by atoms with Crippen LogP contribution >= 0.6 is 0 Å². The molecule has 1 unspecified atom stereocenters. The van der Waals surface area contributed by atoms with Gasteiger partial charge in [-0.1, -0.05) is 0 Å². The molecule has 0 spiro atoms. The molecule has 0 aliphatic carbocycles. The maximum atomic E-state index is 5.63. The number of rotatable bonds is 9. The molecule has 0 saturated heterocycles. The van der Waals surface area contributed by atoms with Crippen LogP contribution in [0.2, 0.25) is 6.04 Å². The van der Waals surface area contributed by atoms with E-state index in [1.165, 1.54) is 0 Å². The maximum absolute atomic E-state index is 5.63. The van der Waals surface area contributed by atoms with Gasteiger partial charge in [-0.25, -0.2) is 0 Å². The topological polar surface area (TPSA) is 53.7 Å². The number of hydrogen-bond donors (Lipinski definition) is 1. The normalized spacial score (nSPS) is 14.4. The van der Waals surface area contributed by atoms with Gasteiger partial charge in [-0.15, -0.1) is 0 Å². The van der Waals surface area contributed by atoms with Crippen molar-refractivity contribution in [1.82, 2.24) is 0 Å². The minimum atomic E-state index is -0.550. The summed E-state index contributed by atoms with van der Waals surface area (Å²) in [5.41, 5.74) is 5.63. The van der Waals surface area contributed by atoms with E-state index in [2.05, 4.69) is 0 Å². The van der Waals surface area contributed by atoms with Gasteiger partial charge in [0.05, 0.1) is 0 Å². The van der Waals surface area contributed by atoms with E-state index in [-0.39, 0.29) is 6.04 Å². The first kappa shape index (κ1) is 14.1. The summed E-state index contributed by atoms with van der Waals surface area (Å²) >= 11 is 0. The zero-order chi connectivity index (χ0) is 10.8. The molecule has 0 bridgehead atoms. The Kier molecular flexibility index (Phi) is 9.64. The third kappa shape index (κ3) is 8.65. The second kappa shape index (κ2) is 9.61. The quantitative estimate of drug-likeness (QED) is 0.352. The SMILES string of the molecule is CCOC(OCC)O[SiH2]CCC(C)N. The van der Waals surface area contributed by atoms with Crippen LogP contribution in [0.1, 0.15) is 27.2 Å². The number of nitrogens with two attached hydrogens (primary N) is 1. The van der Waals surface area contributed by atoms with Crippen molar-refractivity contribution in [2.45, 2.75) is 45.8 Å². The highest BCUT2D eigenvalue weighted by molar-refractivity contribution is 6.27. The molecule has 0 radical (unpaired) electrons. The van der Waals surface area contributed by atoms with Gasteiger partial charge in [-0.3, -0.25) is 0 Å². The Balaban J connectivity index is 3.40. The fourth-order valence-electron chi connectivity index (χ4n) is 1.00. The van der Waals surface area contributed by atoms with Crippen LogP contribution < -0.4 is 5.73 Å². The average Bonchev–Trinajstić information content (AvgIpc) is 2.12. The molecule has 0 aromatic heterocycles. The molecule has 0 aromatic carbocycles. The molecule has 0 amide bonds. The molecule has 0 heterocycles. The van der Waals surface area contributed by atoms with Gasteiger partial charge in [0.2, 0.25) is 0 Å². The summed E-state index contributed by atoms with van der Waals surface area (Å²) in [5, 5.41) is 0. The van der Waals surface area contributed by atoms with Crippen LogP contribution in [-0.4, -0.2) is 35.5 Å². The maximum Gasteiger partial charge on any atom is 0.261 e. The molecule has 0 aliphatic heterocycles. The molecule has 0 saturated carbocycles. The number of ether oxygens (including phenoxy) is 2. The number of hydrogen-bond acceptors (Lipinski definition) is 4. The predicted octanol–water partition coefficient (Wildman–Crippen LogP) is 0.599. The highest BCUT2D eigenvalue weighted by Gasteiger charge is 2.07. The van der Waals surface area contributed by atoms with Crippen LogP contribution in [0.25, 0.3) is 0 Å². The van der Waals surface area contributed by atoms with Crippen molar-refractivity contribution in [3.8, 4) is 0 Å². The molecular formula is C9H23NO3Si. The summed E-state index contributed by atoms with van der Waals surface area (Å²) in [5.74, 6) is 0. The first-order chi connectivity index (χ1) is 6.70. The summed E-state index contributed by atoms with van der Waals surface area (Å²) in [7, 11) is -0.550. The average molecular weight is 221 g/mol. The smallest absolute Gasteiger partial charge is 0.261 e. The van der Waals surface area contributed by atoms with Crippen LogP contribution in [0.3, 0.4) is 0 Å². The standard InChI is InChI=1S/C9H23NO3Si/c1-4-11-9(12-5-2)13-14-7-6-8(3)10/h8-9H,4-7,10,14H2,1-3H3. The largest absolute Gasteiger partial charge is 0.379 e. The van der Waals surface area contributed by atoms with E-state index in [1.54, 1.807) is 0 Å². The van der Waals surface area contributed by atoms with Gasteiger partial charge in [0.25, 0.3) is 6.48 Å². The van der Waals surface area contributed by atoms with Crippen LogP contribution in [0.15, 0.2) is 0 Å². The molecule has 0 rings (SSSR count). The highest BCUT2D eigenvalue weighted by atomic mass is 28.2. The van der Waals surface area contributed by atoms with Crippen molar-refractivity contribution in [3.63, 3.8) is 0 Å². The highest BCUT2D eigenvalue weighted by Crippen LogP contribution is 2.00. The summed E-state index contributed by atoms with van der Waals surface area (Å²) in [6, 6.07) is 1.35. The molecule has 86 valence electrons. The van der Waals surface area contributed by atoms with Crippen LogP contribution in [0, 0.1) is 0 Å². The molecule has 0 aliphatic rings. The van der Waals surface area contributed by atoms with Gasteiger partial charge in [0.1, 0.15) is 0 Å². The summed E-state index contributed by atoms with van der Waals surface area (Å²) in [6.07, 6.45) is 1.02. The van der Waals surface area contributed by atoms with E-state index in [0.717, 1.165) is 12.5 Å². The minimum absolute atomic E-state index is 0.267. The predicted molar refractivity (Wildman–Crippen MR) is 59.7 cm³/mol. The van der Waals surface area contributed by atoms with Gasteiger partial charge in [-0.05, 0) is 33.2 Å². The minimum Gasteiger partial charge on any atom is -0.379 e. The summed E-state index contributed by atoms with van der Waals surface area (Å²) < 4.78 is 16.0. The zero-order valence-electron chi connectivity index (χ0n) is 9.49. The Hall–Kier alpha value is 0.0569. The summed E-state index contributed by atoms with van der Waals surface area (Å²) in [4.78, 5) is 0. The van der Waals surface area contributed by atoms with Gasteiger partial charge >= 0.3 is 0 Å². The van der Waals surface area contributed by atoms with E-state index >= 15 is 0 Å². The van der Waals surface area contributed by atoms with Crippen molar-refractivity contribution >= 4 is 9.76 Å². The first-order valence-electron chi connectivity index (χ1n) is 5.31. The third-order valence-corrected chi connectivity index (χ3v) is 2.87. The second-order valence-electron chi connectivity index (χ2n) is 3.19. The molecule has 5 heteroatoms. The fraction of sp³-hybridized carbons (Fsp3) is 1.00. The Bertz CT molecular complexity index is 119. The Morgan fingerprint density at radius 3 is 2.21 bits per heavy atom. The van der Waals surface area contributed by atoms with Crippen molar-refractivity contribution in [2.24, 2.45) is 5.73 Å². The van der Waals surface area contributed by atoms with E-state index in [0.29, 0.717) is 13.2 Å². The molecule has 2 N–H and O–H groups in total. The Morgan fingerprint density at radius 1 is 1.21 bits per heavy atom. The van der Waals surface area contributed by atoms with Gasteiger partial charge < -0.3 is 19.6 Å². The third-order valence-electron chi connectivity index (χ3n) is 1.66. The van der Waals surface area contributed by atoms with Crippen molar-refractivity contribution < 1.29 is 13.9 Å². The van der Waals surface area contributed by atoms with Gasteiger partial charge in [0, 0.05) is 19.3 Å². The Morgan fingerprint density at radius 2 is 1.79 bits per heavy atom. The molecule has 4 nitrogen and oxygen atoms in total. The Labute approximate surface area is 89.0 Å². The van der Waals surface area contributed by atoms with Crippen molar-refractivity contribution in [1.29, 1.82) is 0 Å². The van der Waals surface area contributed by atoms with E-state index in [4.69, 9.17) is 19.6 Å². The molecule has 14 heavy (non-hydrogen) atoms. The fourth-order valence-corrected chi connectivity index (χ4v) is 2.36. The second-order valence-corrected chi connectivity index (χ2v) is 4.64. The molecule has 0 aromatic rings. The van der Waals surface area contributed by atoms with Crippen molar-refractivity contribution in [2.75, 3.05) is 13.2 Å².